The van der Waals surface area contributed by atoms with Crippen molar-refractivity contribution in [3.8, 4) is 23.0 Å². The molecule has 0 radical (unpaired) electrons. The Balaban J connectivity index is 0.000000208. The van der Waals surface area contributed by atoms with Gasteiger partial charge in [-0.25, -0.2) is 46.8 Å². The van der Waals surface area contributed by atoms with E-state index >= 15 is 0 Å². The van der Waals surface area contributed by atoms with Crippen molar-refractivity contribution >= 4 is 45.6 Å². The average molecular weight is 897 g/mol. The van der Waals surface area contributed by atoms with Crippen LogP contribution in [0.1, 0.15) is 32.4 Å². The van der Waals surface area contributed by atoms with Crippen molar-refractivity contribution in [2.45, 2.75) is 43.1 Å². The second kappa shape index (κ2) is 20.8. The van der Waals surface area contributed by atoms with Gasteiger partial charge in [0, 0.05) is 53.3 Å². The van der Waals surface area contributed by atoms with Crippen LogP contribution in [0.15, 0.2) is 141 Å². The smallest absolute Gasteiger partial charge is 0.313 e. The number of thioether (sulfide) groups is 2. The van der Waals surface area contributed by atoms with Gasteiger partial charge in [0.2, 0.25) is 0 Å². The van der Waals surface area contributed by atoms with Crippen molar-refractivity contribution in [3.63, 3.8) is 0 Å². The van der Waals surface area contributed by atoms with E-state index in [1.165, 1.54) is 46.5 Å². The zero-order valence-corrected chi connectivity index (χ0v) is 34.6. The molecule has 0 saturated carbocycles. The number of halogens is 4. The van der Waals surface area contributed by atoms with Crippen molar-refractivity contribution in [1.82, 2.24) is 29.3 Å². The molecule has 0 bridgehead atoms. The summed E-state index contributed by atoms with van der Waals surface area (Å²) in [5, 5.41) is 1.95. The number of pyridine rings is 2. The maximum absolute atomic E-state index is 14.1. The number of aromatic nitrogens is 6. The lowest BCUT2D eigenvalue weighted by atomic mass is 10.2. The first-order valence-electron chi connectivity index (χ1n) is 18.9. The van der Waals surface area contributed by atoms with Crippen molar-refractivity contribution < 1.29 is 27.0 Å². The van der Waals surface area contributed by atoms with E-state index in [2.05, 4.69) is 25.4 Å². The van der Waals surface area contributed by atoms with Crippen molar-refractivity contribution in [3.05, 3.63) is 177 Å². The zero-order chi connectivity index (χ0) is 43.8. The molecule has 12 nitrogen and oxygen atoms in total. The molecule has 4 heterocycles. The van der Waals surface area contributed by atoms with Gasteiger partial charge in [0.25, 0.3) is 0 Å². The fourth-order valence-corrected chi connectivity index (χ4v) is 7.17. The number of nitrogens with one attached hydrogen (secondary N) is 1. The Morgan fingerprint density at radius 1 is 0.635 bits per heavy atom. The summed E-state index contributed by atoms with van der Waals surface area (Å²) in [6, 6.07) is 28.3. The van der Waals surface area contributed by atoms with Gasteiger partial charge in [0.05, 0.1) is 0 Å². The first-order valence-corrected chi connectivity index (χ1v) is 20.8. The third-order valence-corrected chi connectivity index (χ3v) is 10.6. The second-order valence-electron chi connectivity index (χ2n) is 13.9. The number of rotatable bonds is 13. The van der Waals surface area contributed by atoms with Crippen LogP contribution in [0.2, 0.25) is 0 Å². The molecule has 4 aromatic carbocycles. The van der Waals surface area contributed by atoms with Gasteiger partial charge in [-0.05, 0) is 53.4 Å². The highest BCUT2D eigenvalue weighted by Crippen LogP contribution is 2.28. The van der Waals surface area contributed by atoms with E-state index in [1.807, 2.05) is 74.5 Å². The molecule has 324 valence electrons. The minimum atomic E-state index is -0.933. The third-order valence-electron chi connectivity index (χ3n) is 8.71. The van der Waals surface area contributed by atoms with E-state index in [0.29, 0.717) is 56.9 Å². The Morgan fingerprint density at radius 3 is 1.57 bits per heavy atom. The minimum Gasteiger partial charge on any atom is -0.448 e. The van der Waals surface area contributed by atoms with Crippen molar-refractivity contribution in [1.29, 1.82) is 0 Å². The van der Waals surface area contributed by atoms with E-state index < -0.39 is 34.4 Å². The van der Waals surface area contributed by atoms with E-state index in [9.17, 15) is 27.2 Å². The SMILES string of the molecule is C.CC(C)CNn1c(=O)c(Oc2ccc(F)cc2F)cc2cnc(SCc3ccccc3)nc21.Nn1c(=O)c(Oc2ccc(F)cc2F)cc2cnc(SCc3ccccc3)nc21. The molecule has 0 saturated heterocycles. The molecule has 0 aliphatic rings. The molecule has 4 aromatic heterocycles. The standard InChI is InChI=1S/C24H22F2N4O2S.C20H14F2N4O2S.CH4/c1-15(2)12-28-30-22-17(13-27-24(29-22)33-14-16-6-4-3-5-7-16)10-21(23(30)31)32-20-9-8-18(25)11-19(20)26;21-14-6-7-16(15(22)9-14)28-17-8-13-10-24-20(25-18(13)26(23)19(17)27)29-11-12-4-2-1-3-5-12;/h3-11,13,15,28H,12,14H2,1-2H3;1-10H,11,23H2;1H4. The van der Waals surface area contributed by atoms with Crippen LogP contribution in [-0.2, 0) is 11.5 Å². The van der Waals surface area contributed by atoms with E-state index in [-0.39, 0.29) is 42.0 Å². The second-order valence-corrected chi connectivity index (χ2v) is 15.7. The number of ether oxygens (including phenoxy) is 2. The Morgan fingerprint density at radius 2 is 1.10 bits per heavy atom. The highest BCUT2D eigenvalue weighted by atomic mass is 32.2. The van der Waals surface area contributed by atoms with Crippen LogP contribution < -0.4 is 31.9 Å². The largest absolute Gasteiger partial charge is 0.448 e. The van der Waals surface area contributed by atoms with E-state index in [0.717, 1.165) is 40.1 Å². The maximum Gasteiger partial charge on any atom is 0.313 e. The van der Waals surface area contributed by atoms with Gasteiger partial charge < -0.3 is 20.7 Å². The Hall–Kier alpha value is -6.92. The Labute approximate surface area is 367 Å². The first kappa shape index (κ1) is 45.6. The van der Waals surface area contributed by atoms with Crippen molar-refractivity contribution in [2.24, 2.45) is 5.92 Å². The summed E-state index contributed by atoms with van der Waals surface area (Å²) in [4.78, 5) is 43.3. The quantitative estimate of drug-likeness (QED) is 0.0491. The summed E-state index contributed by atoms with van der Waals surface area (Å²) in [6.07, 6.45) is 3.10. The molecule has 0 spiro atoms. The van der Waals surface area contributed by atoms with E-state index in [4.69, 9.17) is 15.3 Å². The summed E-state index contributed by atoms with van der Waals surface area (Å²) in [5.74, 6) is 3.26. The number of nitrogens with two attached hydrogens (primary N) is 1. The molecule has 0 aliphatic heterocycles. The molecule has 0 unspecified atom stereocenters. The summed E-state index contributed by atoms with van der Waals surface area (Å²) >= 11 is 2.86. The molecular weight excluding hydrogens is 857 g/mol. The summed E-state index contributed by atoms with van der Waals surface area (Å²) < 4.78 is 67.1. The molecule has 3 N–H and O–H groups in total. The summed E-state index contributed by atoms with van der Waals surface area (Å²) in [7, 11) is 0. The molecule has 18 heteroatoms. The average Bonchev–Trinajstić information content (AvgIpc) is 3.26. The molecular formula is C45H40F4N8O4S2. The van der Waals surface area contributed by atoms with Crippen LogP contribution in [0, 0.1) is 29.2 Å². The highest BCUT2D eigenvalue weighted by molar-refractivity contribution is 7.98. The predicted octanol–water partition coefficient (Wildman–Crippen LogP) is 9.86. The molecule has 0 amide bonds. The predicted molar refractivity (Wildman–Crippen MR) is 238 cm³/mol. The van der Waals surface area contributed by atoms with Gasteiger partial charge >= 0.3 is 11.1 Å². The lowest BCUT2D eigenvalue weighted by Crippen LogP contribution is -2.32. The number of nitrogen functional groups attached to an aromatic ring is 1. The maximum atomic E-state index is 14.1. The highest BCUT2D eigenvalue weighted by Gasteiger charge is 2.18. The van der Waals surface area contributed by atoms with Crippen LogP contribution in [0.3, 0.4) is 0 Å². The van der Waals surface area contributed by atoms with Gasteiger partial charge in [-0.15, -0.1) is 0 Å². The Bertz CT molecular complexity index is 2980. The molecule has 8 rings (SSSR count). The normalized spacial score (nSPS) is 10.9. The molecule has 0 atom stereocenters. The lowest BCUT2D eigenvalue weighted by molar-refractivity contribution is 0.430. The number of hydrogen-bond donors (Lipinski definition) is 2. The number of fused-ring (bicyclic) bond motifs is 2. The first-order chi connectivity index (χ1) is 29.9. The molecule has 0 fully saturated rings. The van der Waals surface area contributed by atoms with Crippen LogP contribution in [0.25, 0.3) is 22.1 Å². The monoisotopic (exact) mass is 896 g/mol. The fraction of sp³-hybridized carbons (Fsp3) is 0.156. The van der Waals surface area contributed by atoms with Gasteiger partial charge in [-0.1, -0.05) is 105 Å². The number of nitrogens with zero attached hydrogens (tertiary/aromatic N) is 6. The molecule has 0 aliphatic carbocycles. The van der Waals surface area contributed by atoms with Crippen LogP contribution in [0.5, 0.6) is 23.0 Å². The summed E-state index contributed by atoms with van der Waals surface area (Å²) in [6.45, 7) is 4.51. The Kier molecular flexibility index (Phi) is 15.0. The topological polar surface area (TPSA) is 152 Å². The summed E-state index contributed by atoms with van der Waals surface area (Å²) in [5.41, 5.74) is 4.67. The molecule has 63 heavy (non-hydrogen) atoms. The fourth-order valence-electron chi connectivity index (χ4n) is 5.64. The van der Waals surface area contributed by atoms with Crippen molar-refractivity contribution in [2.75, 3.05) is 17.8 Å². The van der Waals surface area contributed by atoms with Crippen LogP contribution in [0.4, 0.5) is 17.6 Å². The lowest BCUT2D eigenvalue weighted by Gasteiger charge is -2.16. The van der Waals surface area contributed by atoms with Gasteiger partial charge in [0.1, 0.15) is 11.6 Å². The van der Waals surface area contributed by atoms with Crippen LogP contribution in [-0.4, -0.2) is 35.8 Å². The van der Waals surface area contributed by atoms with Gasteiger partial charge in [0.15, 0.2) is 56.2 Å². The zero-order valence-electron chi connectivity index (χ0n) is 33.0. The van der Waals surface area contributed by atoms with Crippen LogP contribution >= 0.6 is 23.5 Å². The third kappa shape index (κ3) is 11.5. The minimum absolute atomic E-state index is 0. The van der Waals surface area contributed by atoms with Gasteiger partial charge in [-0.2, -0.15) is 0 Å². The number of hydrogen-bond acceptors (Lipinski definition) is 12. The van der Waals surface area contributed by atoms with Gasteiger partial charge in [-0.3, -0.25) is 9.59 Å². The molecule has 8 aromatic rings. The number of benzene rings is 4. The van der Waals surface area contributed by atoms with E-state index in [1.54, 1.807) is 6.20 Å².